The number of carboxylic acid groups (broad SMARTS) is 1. The van der Waals surface area contributed by atoms with E-state index in [1.54, 1.807) is 11.8 Å². The zero-order chi connectivity index (χ0) is 26.2. The number of carboxylic acids is 1. The number of hydrogen-bond acceptors (Lipinski definition) is 5. The molecule has 1 aliphatic carbocycles. The highest BCUT2D eigenvalue weighted by molar-refractivity contribution is 7.98. The second kappa shape index (κ2) is 13.1. The summed E-state index contributed by atoms with van der Waals surface area (Å²) in [6.07, 6.45) is 10.1. The summed E-state index contributed by atoms with van der Waals surface area (Å²) >= 11 is 1.56. The van der Waals surface area contributed by atoms with Gasteiger partial charge in [-0.15, -0.1) is 9.42 Å². The van der Waals surface area contributed by atoms with Gasteiger partial charge in [-0.2, -0.15) is 20.2 Å². The van der Waals surface area contributed by atoms with Crippen molar-refractivity contribution in [3.8, 4) is 11.1 Å². The van der Waals surface area contributed by atoms with Crippen LogP contribution in [-0.2, 0) is 21.4 Å². The molecule has 0 heterocycles. The van der Waals surface area contributed by atoms with Crippen molar-refractivity contribution >= 4 is 27.8 Å². The molecule has 0 spiro atoms. The van der Waals surface area contributed by atoms with Gasteiger partial charge in [-0.3, -0.25) is 4.79 Å². The van der Waals surface area contributed by atoms with Crippen molar-refractivity contribution in [3.05, 3.63) is 59.7 Å². The molecule has 8 heteroatoms. The van der Waals surface area contributed by atoms with E-state index in [1.165, 1.54) is 25.5 Å². The molecule has 198 valence electrons. The van der Waals surface area contributed by atoms with Crippen LogP contribution in [-0.4, -0.2) is 54.3 Å². The van der Waals surface area contributed by atoms with Crippen molar-refractivity contribution in [3.63, 3.8) is 0 Å². The number of rotatable bonds is 13. The quantitative estimate of drug-likeness (QED) is 0.257. The Labute approximate surface area is 221 Å². The molecule has 1 saturated carbocycles. The molecule has 3 rings (SSSR count). The summed E-state index contributed by atoms with van der Waals surface area (Å²) < 4.78 is 26.5. The molecule has 0 radical (unpaired) electrons. The van der Waals surface area contributed by atoms with Crippen molar-refractivity contribution in [1.82, 2.24) is 5.43 Å². The highest BCUT2D eigenvalue weighted by atomic mass is 32.2. The van der Waals surface area contributed by atoms with Gasteiger partial charge in [0.1, 0.15) is 13.1 Å². The van der Waals surface area contributed by atoms with E-state index >= 15 is 0 Å². The Morgan fingerprint density at radius 2 is 1.86 bits per heavy atom. The van der Waals surface area contributed by atoms with Crippen molar-refractivity contribution in [2.24, 2.45) is 5.92 Å². The first kappa shape index (κ1) is 28.7. The van der Waals surface area contributed by atoms with Gasteiger partial charge >= 0.3 is 16.0 Å². The van der Waals surface area contributed by atoms with Crippen molar-refractivity contribution in [1.29, 1.82) is 0 Å². The van der Waals surface area contributed by atoms with Gasteiger partial charge < -0.3 is 5.11 Å². The maximum Gasteiger partial charge on any atom is 0.326 e. The van der Waals surface area contributed by atoms with Crippen LogP contribution in [0.1, 0.15) is 56.1 Å². The Morgan fingerprint density at radius 1 is 1.14 bits per heavy atom. The zero-order valence-electron chi connectivity index (χ0n) is 21.8. The van der Waals surface area contributed by atoms with E-state index < -0.39 is 26.0 Å². The SMILES string of the molecule is CSCC[C@H](N[N+](CCC1CCCCC1)(Cc1cccc(-c2ccccc2C)c1)S(C)(=O)=O)C(=O)O. The molecule has 0 amide bonds. The van der Waals surface area contributed by atoms with Crippen LogP contribution in [0.3, 0.4) is 0 Å². The number of sulfonamides is 1. The second-order valence-electron chi connectivity index (χ2n) is 10.1. The van der Waals surface area contributed by atoms with Crippen LogP contribution in [0.25, 0.3) is 11.1 Å². The summed E-state index contributed by atoms with van der Waals surface area (Å²) in [5.41, 5.74) is 7.29. The predicted octanol–water partition coefficient (Wildman–Crippen LogP) is 5.62. The van der Waals surface area contributed by atoms with Crippen LogP contribution in [0.5, 0.6) is 0 Å². The van der Waals surface area contributed by atoms with Gasteiger partial charge in [-0.05, 0) is 54.0 Å². The van der Waals surface area contributed by atoms with E-state index in [4.69, 9.17) is 0 Å². The lowest BCUT2D eigenvalue weighted by Crippen LogP contribution is -2.65. The average molecular weight is 534 g/mol. The Balaban J connectivity index is 1.99. The molecule has 1 fully saturated rings. The van der Waals surface area contributed by atoms with Gasteiger partial charge in [0.05, 0.1) is 6.26 Å². The van der Waals surface area contributed by atoms with Gasteiger partial charge in [0, 0.05) is 12.0 Å². The third-order valence-electron chi connectivity index (χ3n) is 7.38. The maximum absolute atomic E-state index is 13.5. The van der Waals surface area contributed by atoms with Crippen LogP contribution in [0.15, 0.2) is 48.5 Å². The molecule has 2 aromatic rings. The van der Waals surface area contributed by atoms with Gasteiger partial charge in [-0.25, -0.2) is 0 Å². The van der Waals surface area contributed by atoms with E-state index in [-0.39, 0.29) is 6.54 Å². The lowest BCUT2D eigenvalue weighted by Gasteiger charge is -2.38. The number of quaternary nitrogens is 1. The number of aryl methyl sites for hydroxylation is 1. The normalized spacial score (nSPS) is 17.4. The van der Waals surface area contributed by atoms with E-state index in [1.807, 2.05) is 42.7 Å². The van der Waals surface area contributed by atoms with Gasteiger partial charge in [0.25, 0.3) is 0 Å². The fourth-order valence-corrected chi connectivity index (χ4v) is 6.84. The van der Waals surface area contributed by atoms with Crippen LogP contribution < -0.4 is 5.43 Å². The number of nitrogens with zero attached hydrogens (tertiary/aromatic N) is 1. The number of thioether (sulfide) groups is 1. The molecular weight excluding hydrogens is 492 g/mol. The summed E-state index contributed by atoms with van der Waals surface area (Å²) in [4.78, 5) is 12.2. The third kappa shape index (κ3) is 7.57. The minimum absolute atomic E-state index is 0.175. The van der Waals surface area contributed by atoms with Gasteiger partial charge in [0.15, 0.2) is 6.04 Å². The first-order valence-electron chi connectivity index (χ1n) is 12.9. The van der Waals surface area contributed by atoms with Crippen molar-refractivity contribution < 1.29 is 22.3 Å². The summed E-state index contributed by atoms with van der Waals surface area (Å²) in [5.74, 6) is 0.105. The van der Waals surface area contributed by atoms with Crippen molar-refractivity contribution in [2.75, 3.05) is 24.8 Å². The highest BCUT2D eigenvalue weighted by Crippen LogP contribution is 2.30. The predicted molar refractivity (Wildman–Crippen MR) is 149 cm³/mol. The summed E-state index contributed by atoms with van der Waals surface area (Å²) in [6.45, 7) is 2.59. The number of carbonyl (C=O) groups is 1. The van der Waals surface area contributed by atoms with Crippen LogP contribution in [0, 0.1) is 12.8 Å². The molecule has 0 aromatic heterocycles. The van der Waals surface area contributed by atoms with Gasteiger partial charge in [0.2, 0.25) is 0 Å². The first-order valence-corrected chi connectivity index (χ1v) is 16.1. The molecule has 0 bridgehead atoms. The molecule has 2 atom stereocenters. The Hall–Kier alpha value is -1.87. The van der Waals surface area contributed by atoms with E-state index in [0.717, 1.165) is 41.5 Å². The van der Waals surface area contributed by atoms with E-state index in [9.17, 15) is 18.3 Å². The molecule has 2 aromatic carbocycles. The average Bonchev–Trinajstić information content (AvgIpc) is 2.85. The van der Waals surface area contributed by atoms with E-state index in [0.29, 0.717) is 24.6 Å². The molecular formula is C28H41N2O4S2+. The monoisotopic (exact) mass is 533 g/mol. The first-order chi connectivity index (χ1) is 17.1. The molecule has 6 nitrogen and oxygen atoms in total. The fraction of sp³-hybridized carbons (Fsp3) is 0.536. The Morgan fingerprint density at radius 3 is 2.50 bits per heavy atom. The number of nitrogens with one attached hydrogen (secondary N) is 1. The molecule has 2 N–H and O–H groups in total. The Bertz CT molecular complexity index is 1120. The molecule has 0 aliphatic heterocycles. The van der Waals surface area contributed by atoms with Crippen LogP contribution in [0.4, 0.5) is 0 Å². The molecule has 1 aliphatic rings. The lowest BCUT2D eigenvalue weighted by atomic mass is 9.87. The number of aliphatic carboxylic acids is 1. The zero-order valence-corrected chi connectivity index (χ0v) is 23.4. The Kier molecular flexibility index (Phi) is 10.4. The van der Waals surface area contributed by atoms with Crippen LogP contribution in [0.2, 0.25) is 0 Å². The topological polar surface area (TPSA) is 83.5 Å². The highest BCUT2D eigenvalue weighted by Gasteiger charge is 2.43. The smallest absolute Gasteiger partial charge is 0.326 e. The van der Waals surface area contributed by atoms with E-state index in [2.05, 4.69) is 24.5 Å². The minimum atomic E-state index is -3.71. The summed E-state index contributed by atoms with van der Waals surface area (Å²) in [5, 5.41) is 9.96. The largest absolute Gasteiger partial charge is 0.480 e. The van der Waals surface area contributed by atoms with Crippen LogP contribution >= 0.6 is 11.8 Å². The fourth-order valence-electron chi connectivity index (χ4n) is 5.23. The molecule has 36 heavy (non-hydrogen) atoms. The number of benzene rings is 2. The lowest BCUT2D eigenvalue weighted by molar-refractivity contribution is -0.869. The summed E-state index contributed by atoms with van der Waals surface area (Å²) in [7, 11) is -3.71. The molecule has 1 unspecified atom stereocenters. The maximum atomic E-state index is 13.5. The second-order valence-corrected chi connectivity index (χ2v) is 13.3. The third-order valence-corrected chi connectivity index (χ3v) is 9.71. The minimum Gasteiger partial charge on any atom is -0.480 e. The summed E-state index contributed by atoms with van der Waals surface area (Å²) in [6, 6.07) is 15.2. The molecule has 0 saturated heterocycles. The van der Waals surface area contributed by atoms with Crippen molar-refractivity contribution in [2.45, 2.75) is 64.5 Å². The standard InChI is InChI=1S/C28H40N2O4S2/c1-22-10-7-8-15-26(22)25-14-9-13-24(20-25)21-30(36(3,33)34,18-16-23-11-5-4-6-12-23)29-27(28(31)32)17-19-35-2/h7-10,13-15,20,23,27,29H,4-6,11-12,16-19,21H2,1-3H3/p+1/t27-,30?/m0/s1. The number of hydrogen-bond donors (Lipinski definition) is 2. The van der Waals surface area contributed by atoms with Gasteiger partial charge in [-0.1, -0.05) is 74.6 Å².